The van der Waals surface area contributed by atoms with E-state index in [0.717, 1.165) is 0 Å². The number of nitrogens with one attached hydrogen (secondary N) is 1. The first-order valence-corrected chi connectivity index (χ1v) is 7.12. The molecule has 0 saturated carbocycles. The van der Waals surface area contributed by atoms with Crippen molar-refractivity contribution < 1.29 is 10.0 Å². The molecule has 1 heterocycles. The maximum atomic E-state index is 10.5. The molecule has 2 aromatic rings. The summed E-state index contributed by atoms with van der Waals surface area (Å²) >= 11 is 1.68. The highest BCUT2D eigenvalue weighted by molar-refractivity contribution is 7.10. The number of nitro groups is 1. The lowest BCUT2D eigenvalue weighted by Gasteiger charge is -2.12. The van der Waals surface area contributed by atoms with E-state index in [-0.39, 0.29) is 5.69 Å². The molecule has 0 amide bonds. The van der Waals surface area contributed by atoms with E-state index >= 15 is 0 Å². The first-order chi connectivity index (χ1) is 9.58. The highest BCUT2D eigenvalue weighted by atomic mass is 32.1. The number of non-ortho nitro benzene ring substituents is 1. The first-order valence-electron chi connectivity index (χ1n) is 6.24. The van der Waals surface area contributed by atoms with Crippen LogP contribution < -0.4 is 5.32 Å². The largest absolute Gasteiger partial charge is 0.387 e. The molecule has 6 heteroatoms. The van der Waals surface area contributed by atoms with E-state index in [2.05, 4.69) is 18.3 Å². The molecule has 1 unspecified atom stereocenters. The number of nitrogens with zero attached hydrogens (tertiary/aromatic N) is 1. The maximum Gasteiger partial charge on any atom is 0.269 e. The van der Waals surface area contributed by atoms with Crippen LogP contribution in [0.1, 0.15) is 22.1 Å². The van der Waals surface area contributed by atoms with Crippen LogP contribution >= 0.6 is 11.3 Å². The molecule has 0 saturated heterocycles. The molecule has 0 aliphatic carbocycles. The molecular formula is C14H16N2O3S. The van der Waals surface area contributed by atoms with Crippen molar-refractivity contribution in [3.63, 3.8) is 0 Å². The Hall–Kier alpha value is -1.76. The van der Waals surface area contributed by atoms with E-state index in [1.54, 1.807) is 23.5 Å². The summed E-state index contributed by atoms with van der Waals surface area (Å²) in [6.45, 7) is 3.18. The molecule has 0 bridgehead atoms. The number of hydrogen-bond donors (Lipinski definition) is 2. The predicted molar refractivity (Wildman–Crippen MR) is 78.8 cm³/mol. The quantitative estimate of drug-likeness (QED) is 0.634. The minimum absolute atomic E-state index is 0.0307. The predicted octanol–water partition coefficient (Wildman–Crippen LogP) is 2.79. The van der Waals surface area contributed by atoms with Gasteiger partial charge in [0.2, 0.25) is 0 Å². The molecule has 20 heavy (non-hydrogen) atoms. The van der Waals surface area contributed by atoms with Crippen molar-refractivity contribution in [3.05, 3.63) is 61.8 Å². The fraction of sp³-hybridized carbons (Fsp3) is 0.286. The average molecular weight is 292 g/mol. The lowest BCUT2D eigenvalue weighted by Crippen LogP contribution is -2.20. The summed E-state index contributed by atoms with van der Waals surface area (Å²) in [6, 6.07) is 8.04. The number of aliphatic hydroxyl groups excluding tert-OH is 1. The van der Waals surface area contributed by atoms with Gasteiger partial charge in [0, 0.05) is 30.1 Å². The Morgan fingerprint density at radius 2 is 2.05 bits per heavy atom. The molecule has 1 aromatic heterocycles. The summed E-state index contributed by atoms with van der Waals surface area (Å²) in [6.07, 6.45) is -0.670. The minimum Gasteiger partial charge on any atom is -0.387 e. The average Bonchev–Trinajstić information content (AvgIpc) is 2.84. The molecule has 0 spiro atoms. The van der Waals surface area contributed by atoms with Crippen LogP contribution in [0, 0.1) is 17.0 Å². The Bertz CT molecular complexity index is 580. The molecule has 1 atom stereocenters. The third-order valence-electron chi connectivity index (χ3n) is 3.08. The zero-order valence-corrected chi connectivity index (χ0v) is 11.9. The van der Waals surface area contributed by atoms with Crippen molar-refractivity contribution in [1.29, 1.82) is 0 Å². The third-order valence-corrected chi connectivity index (χ3v) is 4.10. The fourth-order valence-corrected chi connectivity index (χ4v) is 2.72. The molecular weight excluding hydrogens is 276 g/mol. The van der Waals surface area contributed by atoms with Gasteiger partial charge in [0.25, 0.3) is 5.69 Å². The molecule has 5 nitrogen and oxygen atoms in total. The summed E-state index contributed by atoms with van der Waals surface area (Å²) in [4.78, 5) is 11.3. The normalized spacial score (nSPS) is 12.3. The zero-order chi connectivity index (χ0) is 14.5. The van der Waals surface area contributed by atoms with Gasteiger partial charge in [-0.2, -0.15) is 0 Å². The molecule has 0 fully saturated rings. The Balaban J connectivity index is 1.87. The molecule has 1 aromatic carbocycles. The highest BCUT2D eigenvalue weighted by Crippen LogP contribution is 2.18. The van der Waals surface area contributed by atoms with Crippen LogP contribution in [0.15, 0.2) is 35.7 Å². The van der Waals surface area contributed by atoms with Crippen LogP contribution in [0.25, 0.3) is 0 Å². The second-order valence-corrected chi connectivity index (χ2v) is 5.52. The summed E-state index contributed by atoms with van der Waals surface area (Å²) in [5.74, 6) is 0. The lowest BCUT2D eigenvalue weighted by atomic mass is 10.1. The van der Waals surface area contributed by atoms with Gasteiger partial charge in [0.05, 0.1) is 11.0 Å². The number of benzene rings is 1. The van der Waals surface area contributed by atoms with E-state index in [1.165, 1.54) is 22.6 Å². The number of rotatable bonds is 6. The summed E-state index contributed by atoms with van der Waals surface area (Å²) in [7, 11) is 0. The molecule has 0 radical (unpaired) electrons. The topological polar surface area (TPSA) is 75.4 Å². The van der Waals surface area contributed by atoms with Gasteiger partial charge in [-0.1, -0.05) is 0 Å². The number of hydrogen-bond acceptors (Lipinski definition) is 5. The number of aryl methyl sites for hydroxylation is 1. The monoisotopic (exact) mass is 292 g/mol. The Morgan fingerprint density at radius 1 is 1.35 bits per heavy atom. The highest BCUT2D eigenvalue weighted by Gasteiger charge is 2.10. The smallest absolute Gasteiger partial charge is 0.269 e. The van der Waals surface area contributed by atoms with Crippen molar-refractivity contribution in [2.75, 3.05) is 6.54 Å². The van der Waals surface area contributed by atoms with Crippen molar-refractivity contribution in [1.82, 2.24) is 5.32 Å². The number of aliphatic hydroxyl groups is 1. The van der Waals surface area contributed by atoms with Gasteiger partial charge in [-0.25, -0.2) is 0 Å². The summed E-state index contributed by atoms with van der Waals surface area (Å²) in [5.41, 5.74) is 1.95. The SMILES string of the molecule is Cc1ccsc1CNCC(O)c1ccc([N+](=O)[O-])cc1. The van der Waals surface area contributed by atoms with Crippen molar-refractivity contribution in [2.24, 2.45) is 0 Å². The van der Waals surface area contributed by atoms with Gasteiger partial charge >= 0.3 is 0 Å². The molecule has 2 rings (SSSR count). The van der Waals surface area contributed by atoms with Gasteiger partial charge in [-0.05, 0) is 41.6 Å². The molecule has 0 aliphatic heterocycles. The minimum atomic E-state index is -0.670. The van der Waals surface area contributed by atoms with E-state index in [9.17, 15) is 15.2 Å². The Kier molecular flexibility index (Phi) is 4.84. The van der Waals surface area contributed by atoms with Crippen LogP contribution in [0.3, 0.4) is 0 Å². The Labute approximate surface area is 121 Å². The van der Waals surface area contributed by atoms with Crippen LogP contribution in [-0.2, 0) is 6.54 Å². The van der Waals surface area contributed by atoms with Crippen LogP contribution in [0.5, 0.6) is 0 Å². The summed E-state index contributed by atoms with van der Waals surface area (Å²) < 4.78 is 0. The second kappa shape index (κ2) is 6.60. The number of nitro benzene ring substituents is 1. The molecule has 2 N–H and O–H groups in total. The maximum absolute atomic E-state index is 10.5. The van der Waals surface area contributed by atoms with Crippen molar-refractivity contribution in [3.8, 4) is 0 Å². The molecule has 0 aliphatic rings. The van der Waals surface area contributed by atoms with E-state index in [1.807, 2.05) is 5.38 Å². The number of thiophene rings is 1. The fourth-order valence-electron chi connectivity index (χ4n) is 1.84. The van der Waals surface area contributed by atoms with Gasteiger partial charge in [-0.15, -0.1) is 11.3 Å². The standard InChI is InChI=1S/C14H16N2O3S/c1-10-6-7-20-14(10)9-15-8-13(17)11-2-4-12(5-3-11)16(18)19/h2-7,13,15,17H,8-9H2,1H3. The lowest BCUT2D eigenvalue weighted by molar-refractivity contribution is -0.384. The van der Waals surface area contributed by atoms with Crippen LogP contribution in [0.4, 0.5) is 5.69 Å². The molecule has 106 valence electrons. The van der Waals surface area contributed by atoms with Gasteiger partial charge < -0.3 is 10.4 Å². The van der Waals surface area contributed by atoms with E-state index in [0.29, 0.717) is 18.7 Å². The Morgan fingerprint density at radius 3 is 2.60 bits per heavy atom. The van der Waals surface area contributed by atoms with E-state index in [4.69, 9.17) is 0 Å². The second-order valence-electron chi connectivity index (χ2n) is 4.52. The van der Waals surface area contributed by atoms with Gasteiger partial charge in [0.15, 0.2) is 0 Å². The van der Waals surface area contributed by atoms with E-state index < -0.39 is 11.0 Å². The third kappa shape index (κ3) is 3.63. The van der Waals surface area contributed by atoms with Crippen molar-refractivity contribution >= 4 is 17.0 Å². The first kappa shape index (κ1) is 14.6. The van der Waals surface area contributed by atoms with Gasteiger partial charge in [0.1, 0.15) is 0 Å². The van der Waals surface area contributed by atoms with Crippen LogP contribution in [-0.4, -0.2) is 16.6 Å². The van der Waals surface area contributed by atoms with Crippen LogP contribution in [0.2, 0.25) is 0 Å². The van der Waals surface area contributed by atoms with Gasteiger partial charge in [-0.3, -0.25) is 10.1 Å². The zero-order valence-electron chi connectivity index (χ0n) is 11.1. The van der Waals surface area contributed by atoms with Crippen molar-refractivity contribution in [2.45, 2.75) is 19.6 Å². The summed E-state index contributed by atoms with van der Waals surface area (Å²) in [5, 5.41) is 25.8.